The Morgan fingerprint density at radius 3 is 0.783 bits per heavy atom. The Morgan fingerprint density at radius 2 is 0.542 bits per heavy atom. The van der Waals surface area contributed by atoms with Crippen LogP contribution in [-0.2, 0) is 33.1 Å². The Labute approximate surface area is 497 Å². The summed E-state index contributed by atoms with van der Waals surface area (Å²) in [4.78, 5) is 0. The SMILES string of the molecule is CO[C@H]1O[C@H](COC(c2ccccc2)(c2ccccc2)c2ccccc2)[C@@H](O[Si](c2ccccc2)(c2ccccc2)C(C)(C)C)[C@H](O[Si](c2ccccc2)(c2ccccc2)C(C)(C)C)[C@H]1O[Si](c1ccccc1)(c1ccccc1)C(C)(C)C. The van der Waals surface area contributed by atoms with Gasteiger partial charge in [-0.1, -0.05) is 335 Å². The van der Waals surface area contributed by atoms with Gasteiger partial charge in [0.2, 0.25) is 0 Å². The Balaban J connectivity index is 1.31. The third kappa shape index (κ3) is 11.3. The number of rotatable bonds is 19. The molecule has 426 valence electrons. The van der Waals surface area contributed by atoms with Crippen LogP contribution in [0.15, 0.2) is 273 Å². The van der Waals surface area contributed by atoms with Crippen LogP contribution in [0.2, 0.25) is 15.1 Å². The zero-order chi connectivity index (χ0) is 58.4. The molecule has 5 atom stereocenters. The molecule has 9 heteroatoms. The summed E-state index contributed by atoms with van der Waals surface area (Å²) < 4.78 is 49.0. The van der Waals surface area contributed by atoms with Gasteiger partial charge in [-0.25, -0.2) is 0 Å². The third-order valence-electron chi connectivity index (χ3n) is 17.0. The summed E-state index contributed by atoms with van der Waals surface area (Å²) in [5, 5.41) is 5.43. The lowest BCUT2D eigenvalue weighted by Crippen LogP contribution is -2.77. The molecule has 0 aliphatic carbocycles. The molecule has 83 heavy (non-hydrogen) atoms. The maximum Gasteiger partial charge on any atom is 0.261 e. The predicted octanol–water partition coefficient (Wildman–Crippen LogP) is 13.2. The Hall–Kier alpha value is -6.61. The summed E-state index contributed by atoms with van der Waals surface area (Å²) in [5.74, 6) is 0. The van der Waals surface area contributed by atoms with Gasteiger partial charge in [0, 0.05) is 7.11 Å². The van der Waals surface area contributed by atoms with Crippen LogP contribution in [0, 0.1) is 0 Å². The Bertz CT molecular complexity index is 3200. The molecule has 10 rings (SSSR count). The second-order valence-corrected chi connectivity index (χ2v) is 37.9. The van der Waals surface area contributed by atoms with Crippen molar-refractivity contribution in [2.24, 2.45) is 0 Å². The van der Waals surface area contributed by atoms with Crippen LogP contribution < -0.4 is 31.1 Å². The van der Waals surface area contributed by atoms with Crippen molar-refractivity contribution in [2.75, 3.05) is 13.7 Å². The quantitative estimate of drug-likeness (QED) is 0.0594. The second-order valence-electron chi connectivity index (χ2n) is 25.1. The third-order valence-corrected chi connectivity index (χ3v) is 32.1. The van der Waals surface area contributed by atoms with Crippen LogP contribution in [-0.4, -0.2) is 69.4 Å². The van der Waals surface area contributed by atoms with Crippen molar-refractivity contribution in [1.82, 2.24) is 0 Å². The highest BCUT2D eigenvalue weighted by Gasteiger charge is 2.63. The van der Waals surface area contributed by atoms with Crippen molar-refractivity contribution in [1.29, 1.82) is 0 Å². The normalized spacial score (nSPS) is 18.4. The van der Waals surface area contributed by atoms with E-state index >= 15 is 0 Å². The minimum absolute atomic E-state index is 0.0634. The number of benzene rings is 9. The lowest BCUT2D eigenvalue weighted by atomic mass is 9.80. The number of ether oxygens (including phenoxy) is 3. The first-order valence-electron chi connectivity index (χ1n) is 29.4. The second kappa shape index (κ2) is 24.9. The molecule has 1 saturated heterocycles. The Morgan fingerprint density at radius 1 is 0.313 bits per heavy atom. The van der Waals surface area contributed by atoms with Crippen LogP contribution >= 0.6 is 0 Å². The maximum atomic E-state index is 8.87. The molecule has 1 aliphatic rings. The summed E-state index contributed by atoms with van der Waals surface area (Å²) in [6.45, 7) is 21.1. The van der Waals surface area contributed by atoms with E-state index in [1.165, 1.54) is 0 Å². The van der Waals surface area contributed by atoms with Crippen molar-refractivity contribution in [3.05, 3.63) is 290 Å². The molecule has 9 aromatic rings. The van der Waals surface area contributed by atoms with E-state index in [0.717, 1.165) is 47.8 Å². The van der Waals surface area contributed by atoms with Gasteiger partial charge in [-0.05, 0) is 62.9 Å². The standard InChI is InChI=1S/C74H82O6Si3/c1-71(2,3)81(60-44-26-14-27-45-60,61-46-28-15-29-47-61)78-67-66(56-76-74(57-38-20-11-21-39-57,58-40-22-12-23-41-58)59-42-24-13-25-43-59)77-70(75-10)69(80-83(73(7,8)9,64-52-34-18-35-53-64)65-54-36-19-37-55-65)68(67)79-82(72(4,5)6,62-48-30-16-31-49-62)63-50-32-17-33-51-63/h11-55,66-70H,56H2,1-10H3/t66-,67-,68+,69-,70+/m1/s1. The topological polar surface area (TPSA) is 55.4 Å². The lowest BCUT2D eigenvalue weighted by molar-refractivity contribution is -0.289. The van der Waals surface area contributed by atoms with Gasteiger partial charge in [0.1, 0.15) is 30.0 Å². The fourth-order valence-corrected chi connectivity index (χ4v) is 27.3. The van der Waals surface area contributed by atoms with Gasteiger partial charge in [0.15, 0.2) is 6.29 Å². The van der Waals surface area contributed by atoms with Crippen molar-refractivity contribution in [3.8, 4) is 0 Å². The van der Waals surface area contributed by atoms with Gasteiger partial charge in [-0.2, -0.15) is 0 Å². The number of hydrogen-bond donors (Lipinski definition) is 0. The van der Waals surface area contributed by atoms with Crippen LogP contribution in [0.4, 0.5) is 0 Å². The summed E-state index contributed by atoms with van der Waals surface area (Å²) in [5.41, 5.74) is 1.84. The first kappa shape index (κ1) is 59.5. The van der Waals surface area contributed by atoms with Gasteiger partial charge < -0.3 is 27.5 Å². The highest BCUT2D eigenvalue weighted by atomic mass is 28.4. The fraction of sp³-hybridized carbons (Fsp3) is 0.270. The molecule has 1 aliphatic heterocycles. The summed E-state index contributed by atoms with van der Waals surface area (Å²) in [6, 6.07) is 97.1. The van der Waals surface area contributed by atoms with Gasteiger partial charge >= 0.3 is 0 Å². The maximum absolute atomic E-state index is 8.87. The smallest absolute Gasteiger partial charge is 0.261 e. The minimum atomic E-state index is -3.55. The average molecular weight is 1150 g/mol. The largest absolute Gasteiger partial charge is 0.399 e. The molecule has 9 aromatic carbocycles. The van der Waals surface area contributed by atoms with Crippen LogP contribution in [0.25, 0.3) is 0 Å². The van der Waals surface area contributed by atoms with E-state index in [2.05, 4.69) is 335 Å². The molecule has 0 bridgehead atoms. The molecular formula is C74H82O6Si3. The molecule has 0 unspecified atom stereocenters. The molecule has 6 nitrogen and oxygen atoms in total. The average Bonchev–Trinajstić information content (AvgIpc) is 1.45. The molecule has 1 heterocycles. The van der Waals surface area contributed by atoms with Crippen LogP contribution in [0.3, 0.4) is 0 Å². The lowest BCUT2D eigenvalue weighted by Gasteiger charge is -2.57. The summed E-state index contributed by atoms with van der Waals surface area (Å²) in [6.07, 6.45) is -4.41. The fourth-order valence-electron chi connectivity index (χ4n) is 13.3. The van der Waals surface area contributed by atoms with E-state index in [4.69, 9.17) is 27.5 Å². The molecule has 0 radical (unpaired) electrons. The van der Waals surface area contributed by atoms with Gasteiger partial charge in [0.25, 0.3) is 25.0 Å². The zero-order valence-electron chi connectivity index (χ0n) is 50.0. The van der Waals surface area contributed by atoms with Crippen molar-refractivity contribution >= 4 is 56.1 Å². The highest BCUT2D eigenvalue weighted by Crippen LogP contribution is 2.48. The van der Waals surface area contributed by atoms with Gasteiger partial charge in [0.05, 0.1) is 6.61 Å². The van der Waals surface area contributed by atoms with E-state index in [1.807, 2.05) is 0 Å². The molecule has 0 N–H and O–H groups in total. The van der Waals surface area contributed by atoms with Crippen molar-refractivity contribution in [3.63, 3.8) is 0 Å². The molecule has 0 amide bonds. The van der Waals surface area contributed by atoms with Crippen LogP contribution in [0.5, 0.6) is 0 Å². The van der Waals surface area contributed by atoms with Gasteiger partial charge in [-0.15, -0.1) is 0 Å². The van der Waals surface area contributed by atoms with E-state index in [-0.39, 0.29) is 6.61 Å². The molecule has 0 saturated carbocycles. The van der Waals surface area contributed by atoms with E-state index in [0.29, 0.717) is 0 Å². The van der Waals surface area contributed by atoms with E-state index < -0.39 is 76.4 Å². The number of hydrogen-bond acceptors (Lipinski definition) is 6. The first-order valence-corrected chi connectivity index (χ1v) is 35.1. The van der Waals surface area contributed by atoms with E-state index in [1.54, 1.807) is 7.11 Å². The van der Waals surface area contributed by atoms with Crippen molar-refractivity contribution in [2.45, 2.75) is 114 Å². The van der Waals surface area contributed by atoms with Crippen molar-refractivity contribution < 1.29 is 27.5 Å². The highest BCUT2D eigenvalue weighted by molar-refractivity contribution is 7.01. The van der Waals surface area contributed by atoms with Crippen LogP contribution in [0.1, 0.15) is 79.0 Å². The first-order chi connectivity index (χ1) is 40.0. The monoisotopic (exact) mass is 1150 g/mol. The molecule has 0 aromatic heterocycles. The summed E-state index contributed by atoms with van der Waals surface area (Å²) >= 11 is 0. The number of methoxy groups -OCH3 is 1. The summed E-state index contributed by atoms with van der Waals surface area (Å²) in [7, 11) is -8.81. The van der Waals surface area contributed by atoms with Gasteiger partial charge in [-0.3, -0.25) is 0 Å². The molecule has 0 spiro atoms. The minimum Gasteiger partial charge on any atom is -0.399 e. The molecule has 1 fully saturated rings. The predicted molar refractivity (Wildman–Crippen MR) is 348 cm³/mol. The van der Waals surface area contributed by atoms with E-state index in [9.17, 15) is 0 Å². The Kier molecular flexibility index (Phi) is 17.9. The zero-order valence-corrected chi connectivity index (χ0v) is 53.0. The molecular weight excluding hydrogens is 1070 g/mol.